The van der Waals surface area contributed by atoms with Crippen LogP contribution in [0, 0.1) is 0 Å². The first kappa shape index (κ1) is 16.4. The Morgan fingerprint density at radius 1 is 1.06 bits per heavy atom. The average Bonchev–Trinajstić information content (AvgIpc) is 2.12. The molecular formula is C7H5ClF8O. The standard InChI is InChI=1S/C7H5ClF8O/c1-5(11,17-2-6(12,13)14)7(15,16)3(8)4(9)10/h2H2,1H3. The Labute approximate surface area is 95.0 Å². The fourth-order valence-corrected chi connectivity index (χ4v) is 0.791. The van der Waals surface area contributed by atoms with Crippen LogP contribution in [-0.4, -0.2) is 24.6 Å². The minimum atomic E-state index is -5.10. The van der Waals surface area contributed by atoms with Crippen LogP contribution >= 0.6 is 11.6 Å². The van der Waals surface area contributed by atoms with Gasteiger partial charge in [0, 0.05) is 6.92 Å². The van der Waals surface area contributed by atoms with E-state index in [1.807, 2.05) is 0 Å². The van der Waals surface area contributed by atoms with E-state index in [1.165, 1.54) is 0 Å². The van der Waals surface area contributed by atoms with Crippen LogP contribution in [0.2, 0.25) is 0 Å². The highest BCUT2D eigenvalue weighted by Crippen LogP contribution is 2.43. The van der Waals surface area contributed by atoms with Crippen molar-refractivity contribution in [1.29, 1.82) is 0 Å². The van der Waals surface area contributed by atoms with Crippen LogP contribution in [0.25, 0.3) is 0 Å². The quantitative estimate of drug-likeness (QED) is 0.705. The van der Waals surface area contributed by atoms with E-state index in [1.54, 1.807) is 0 Å². The van der Waals surface area contributed by atoms with Gasteiger partial charge in [0.1, 0.15) is 6.61 Å². The second-order valence-corrected chi connectivity index (χ2v) is 3.35. The number of ether oxygens (including phenoxy) is 1. The Balaban J connectivity index is 4.99. The van der Waals surface area contributed by atoms with Crippen LogP contribution in [0.4, 0.5) is 35.1 Å². The van der Waals surface area contributed by atoms with Crippen molar-refractivity contribution >= 4 is 11.6 Å². The minimum Gasteiger partial charge on any atom is -0.332 e. The summed E-state index contributed by atoms with van der Waals surface area (Å²) < 4.78 is 100. The highest BCUT2D eigenvalue weighted by atomic mass is 35.5. The zero-order valence-electron chi connectivity index (χ0n) is 8.02. The van der Waals surface area contributed by atoms with Gasteiger partial charge in [-0.2, -0.15) is 30.7 Å². The SMILES string of the molecule is CC(F)(OCC(F)(F)F)C(F)(F)C(Cl)=C(F)F. The van der Waals surface area contributed by atoms with E-state index < -0.39 is 35.7 Å². The van der Waals surface area contributed by atoms with E-state index >= 15 is 0 Å². The fourth-order valence-electron chi connectivity index (χ4n) is 0.623. The maximum Gasteiger partial charge on any atom is 0.411 e. The van der Waals surface area contributed by atoms with Crippen molar-refractivity contribution in [2.45, 2.75) is 24.9 Å². The molecule has 0 aromatic rings. The molecule has 0 heterocycles. The summed E-state index contributed by atoms with van der Waals surface area (Å²) in [7, 11) is 0. The number of halogens is 9. The van der Waals surface area contributed by atoms with Crippen molar-refractivity contribution in [2.75, 3.05) is 6.61 Å². The summed E-state index contributed by atoms with van der Waals surface area (Å²) in [4.78, 5) is 0. The van der Waals surface area contributed by atoms with E-state index in [4.69, 9.17) is 0 Å². The van der Waals surface area contributed by atoms with Gasteiger partial charge in [-0.1, -0.05) is 11.6 Å². The molecule has 1 unspecified atom stereocenters. The molecule has 10 heteroatoms. The Hall–Kier alpha value is -0.570. The lowest BCUT2D eigenvalue weighted by atomic mass is 10.1. The van der Waals surface area contributed by atoms with Gasteiger partial charge in [-0.15, -0.1) is 0 Å². The Bertz CT molecular complexity index is 303. The number of hydrogen-bond acceptors (Lipinski definition) is 1. The predicted molar refractivity (Wildman–Crippen MR) is 41.6 cm³/mol. The van der Waals surface area contributed by atoms with Crippen LogP contribution in [0.15, 0.2) is 11.1 Å². The first-order chi connectivity index (χ1) is 7.31. The molecule has 0 N–H and O–H groups in total. The molecule has 0 aliphatic carbocycles. The van der Waals surface area contributed by atoms with Gasteiger partial charge in [0.05, 0.1) is 0 Å². The van der Waals surface area contributed by atoms with Gasteiger partial charge >= 0.3 is 12.1 Å². The second kappa shape index (κ2) is 4.97. The van der Waals surface area contributed by atoms with E-state index in [2.05, 4.69) is 16.3 Å². The Morgan fingerprint density at radius 2 is 1.47 bits per heavy atom. The zero-order chi connectivity index (χ0) is 14.1. The molecule has 0 aliphatic heterocycles. The molecule has 0 radical (unpaired) electrons. The van der Waals surface area contributed by atoms with Crippen LogP contribution in [0.1, 0.15) is 6.92 Å². The summed E-state index contributed by atoms with van der Waals surface area (Å²) in [6, 6.07) is 0. The maximum absolute atomic E-state index is 13.1. The second-order valence-electron chi connectivity index (χ2n) is 2.97. The predicted octanol–water partition coefficient (Wildman–Crippen LogP) is 4.23. The topological polar surface area (TPSA) is 9.23 Å². The molecule has 0 saturated heterocycles. The normalized spacial score (nSPS) is 16.6. The first-order valence-electron chi connectivity index (χ1n) is 3.80. The Morgan fingerprint density at radius 3 is 1.76 bits per heavy atom. The van der Waals surface area contributed by atoms with Crippen molar-refractivity contribution in [2.24, 2.45) is 0 Å². The van der Waals surface area contributed by atoms with Gasteiger partial charge in [-0.25, -0.2) is 4.39 Å². The molecular weight excluding hydrogens is 288 g/mol. The van der Waals surface area contributed by atoms with Gasteiger partial charge in [-0.05, 0) is 0 Å². The molecule has 0 aromatic carbocycles. The lowest BCUT2D eigenvalue weighted by Gasteiger charge is -2.29. The van der Waals surface area contributed by atoms with Crippen molar-refractivity contribution in [3.05, 3.63) is 11.1 Å². The highest BCUT2D eigenvalue weighted by molar-refractivity contribution is 6.30. The summed E-state index contributed by atoms with van der Waals surface area (Å²) in [5.74, 6) is -9.42. The van der Waals surface area contributed by atoms with E-state index in [0.29, 0.717) is 0 Å². The van der Waals surface area contributed by atoms with E-state index in [-0.39, 0.29) is 6.92 Å². The van der Waals surface area contributed by atoms with E-state index in [9.17, 15) is 35.1 Å². The summed E-state index contributed by atoms with van der Waals surface area (Å²) in [6.45, 7) is -2.50. The summed E-state index contributed by atoms with van der Waals surface area (Å²) in [5.41, 5.74) is 0. The van der Waals surface area contributed by atoms with Gasteiger partial charge in [-0.3, -0.25) is 0 Å². The number of alkyl halides is 6. The van der Waals surface area contributed by atoms with Crippen LogP contribution in [0.5, 0.6) is 0 Å². The average molecular weight is 293 g/mol. The van der Waals surface area contributed by atoms with Crippen LogP contribution in [-0.2, 0) is 4.74 Å². The molecule has 0 aliphatic rings. The molecule has 1 atom stereocenters. The molecule has 0 aromatic heterocycles. The molecule has 0 rings (SSSR count). The molecule has 1 nitrogen and oxygen atoms in total. The third kappa shape index (κ3) is 4.30. The third-order valence-electron chi connectivity index (χ3n) is 1.51. The minimum absolute atomic E-state index is 0.135. The molecule has 17 heavy (non-hydrogen) atoms. The van der Waals surface area contributed by atoms with Crippen LogP contribution in [0.3, 0.4) is 0 Å². The molecule has 0 amide bonds. The summed E-state index contributed by atoms with van der Waals surface area (Å²) >= 11 is 4.42. The van der Waals surface area contributed by atoms with Gasteiger partial charge in [0.25, 0.3) is 11.9 Å². The van der Waals surface area contributed by atoms with Crippen molar-refractivity contribution in [1.82, 2.24) is 0 Å². The van der Waals surface area contributed by atoms with Gasteiger partial charge in [0.15, 0.2) is 5.03 Å². The van der Waals surface area contributed by atoms with Gasteiger partial charge in [0.2, 0.25) is 0 Å². The van der Waals surface area contributed by atoms with Crippen molar-refractivity contribution < 1.29 is 39.9 Å². The molecule has 0 fully saturated rings. The largest absolute Gasteiger partial charge is 0.411 e. The zero-order valence-corrected chi connectivity index (χ0v) is 8.77. The van der Waals surface area contributed by atoms with Crippen molar-refractivity contribution in [3.8, 4) is 0 Å². The molecule has 0 saturated carbocycles. The summed E-state index contributed by atoms with van der Waals surface area (Å²) in [6.07, 6.45) is -8.20. The molecule has 102 valence electrons. The lowest BCUT2D eigenvalue weighted by Crippen LogP contribution is -2.46. The first-order valence-corrected chi connectivity index (χ1v) is 4.18. The van der Waals surface area contributed by atoms with E-state index in [0.717, 1.165) is 0 Å². The maximum atomic E-state index is 13.1. The monoisotopic (exact) mass is 292 g/mol. The smallest absolute Gasteiger partial charge is 0.332 e. The van der Waals surface area contributed by atoms with Gasteiger partial charge < -0.3 is 4.74 Å². The number of hydrogen-bond donors (Lipinski definition) is 0. The third-order valence-corrected chi connectivity index (χ3v) is 1.89. The van der Waals surface area contributed by atoms with Crippen LogP contribution < -0.4 is 0 Å². The Kier molecular flexibility index (Phi) is 4.80. The summed E-state index contributed by atoms with van der Waals surface area (Å²) in [5, 5.41) is -2.51. The highest BCUT2D eigenvalue weighted by Gasteiger charge is 2.58. The van der Waals surface area contributed by atoms with Crippen molar-refractivity contribution in [3.63, 3.8) is 0 Å². The fraction of sp³-hybridized carbons (Fsp3) is 0.714. The lowest BCUT2D eigenvalue weighted by molar-refractivity contribution is -0.289. The molecule has 0 bridgehead atoms. The molecule has 0 spiro atoms. The number of rotatable bonds is 4.